The van der Waals surface area contributed by atoms with Gasteiger partial charge in [-0.25, -0.2) is 0 Å². The van der Waals surface area contributed by atoms with Crippen LogP contribution in [-0.2, 0) is 28.5 Å². The second-order valence-electron chi connectivity index (χ2n) is 17.5. The number of hydrogen-bond acceptors (Lipinski definition) is 6. The van der Waals surface area contributed by atoms with Gasteiger partial charge in [-0.05, 0) is 112 Å². The Morgan fingerprint density at radius 1 is 0.587 bits per heavy atom. The normalized spacial score (nSPS) is 46.5. The maximum Gasteiger partial charge on any atom is 0.172 e. The van der Waals surface area contributed by atoms with Crippen molar-refractivity contribution in [1.29, 1.82) is 0 Å². The summed E-state index contributed by atoms with van der Waals surface area (Å²) in [7, 11) is 0. The van der Waals surface area contributed by atoms with Gasteiger partial charge in [-0.2, -0.15) is 0 Å². The Morgan fingerprint density at radius 2 is 1.20 bits per heavy atom. The fraction of sp³-hybridized carbons (Fsp3) is 0.850. The molecule has 2 aliphatic heterocycles. The third-order valence-corrected chi connectivity index (χ3v) is 15.9. The molecule has 2 saturated heterocycles. The summed E-state index contributed by atoms with van der Waals surface area (Å²) >= 11 is 0. The maximum absolute atomic E-state index is 12.4. The summed E-state index contributed by atoms with van der Waals surface area (Å²) in [5.74, 6) is 5.61. The first-order valence-corrected chi connectivity index (χ1v) is 19.2. The highest BCUT2D eigenvalue weighted by molar-refractivity contribution is 5.87. The lowest BCUT2D eigenvalue weighted by Crippen LogP contribution is -2.48. The zero-order chi connectivity index (χ0) is 31.3. The first-order valence-electron chi connectivity index (χ1n) is 19.2. The van der Waals surface area contributed by atoms with E-state index in [9.17, 15) is 9.59 Å². The van der Waals surface area contributed by atoms with E-state index in [2.05, 4.69) is 19.9 Å². The molecule has 0 amide bonds. The molecule has 5 saturated carbocycles. The molecular weight excluding hydrogens is 576 g/mol. The highest BCUT2D eigenvalue weighted by Gasteiger charge is 2.58. The van der Waals surface area contributed by atoms with Crippen LogP contribution in [0.4, 0.5) is 0 Å². The monoisotopic (exact) mass is 632 g/mol. The van der Waals surface area contributed by atoms with Crippen LogP contribution < -0.4 is 0 Å². The van der Waals surface area contributed by atoms with Crippen LogP contribution >= 0.6 is 0 Å². The summed E-state index contributed by atoms with van der Waals surface area (Å²) in [5.41, 5.74) is 5.00. The molecule has 0 aromatic rings. The number of rotatable bonds is 0. The summed E-state index contributed by atoms with van der Waals surface area (Å²) in [6.07, 6.45) is 21.3. The molecule has 8 aliphatic carbocycles. The Morgan fingerprint density at radius 3 is 1.89 bits per heavy atom. The van der Waals surface area contributed by atoms with Gasteiger partial charge in [-0.1, -0.05) is 36.6 Å². The predicted octanol–water partition coefficient (Wildman–Crippen LogP) is 7.89. The third kappa shape index (κ3) is 4.62. The van der Waals surface area contributed by atoms with Crippen LogP contribution in [-0.4, -0.2) is 49.6 Å². The fourth-order valence-corrected chi connectivity index (χ4v) is 13.5. The van der Waals surface area contributed by atoms with Crippen molar-refractivity contribution in [1.82, 2.24) is 0 Å². The van der Waals surface area contributed by atoms with E-state index in [1.165, 1.54) is 38.5 Å². The van der Waals surface area contributed by atoms with Gasteiger partial charge in [0.25, 0.3) is 0 Å². The minimum atomic E-state index is -0.290. The number of carbonyl (C=O) groups excluding carboxylic acids is 2. The molecule has 2 heterocycles. The molecule has 2 spiro atoms. The van der Waals surface area contributed by atoms with Gasteiger partial charge in [0.2, 0.25) is 0 Å². The zero-order valence-corrected chi connectivity index (χ0v) is 28.4. The van der Waals surface area contributed by atoms with Crippen molar-refractivity contribution in [3.63, 3.8) is 0 Å². The number of ketones is 2. The standard InChI is InChI=1S/2C20H28O3/c2*1-19-8-6-15-14-7-9-20(22-10-11-23-20)12-13(14)2-3-16(15)17(19)4-5-18(19)21/h15-17H,2-12H2,1H3;2,14-17H,3-12H2,1H3/t15?,16?,17?,19-;14?,15?,16?,17?,19-/m11/s1. The summed E-state index contributed by atoms with van der Waals surface area (Å²) in [6, 6.07) is 0. The lowest BCUT2D eigenvalue weighted by atomic mass is 9.53. The minimum absolute atomic E-state index is 0.0000737. The molecule has 10 aliphatic rings. The van der Waals surface area contributed by atoms with Crippen molar-refractivity contribution in [2.45, 2.75) is 135 Å². The van der Waals surface area contributed by atoms with Crippen LogP contribution in [0.15, 0.2) is 22.8 Å². The van der Waals surface area contributed by atoms with Gasteiger partial charge in [0, 0.05) is 49.4 Å². The molecule has 0 radical (unpaired) electrons. The second-order valence-corrected chi connectivity index (χ2v) is 17.5. The summed E-state index contributed by atoms with van der Waals surface area (Å²) < 4.78 is 23.8. The van der Waals surface area contributed by atoms with Crippen LogP contribution in [0.5, 0.6) is 0 Å². The van der Waals surface area contributed by atoms with E-state index in [1.54, 1.807) is 16.7 Å². The molecule has 0 aromatic heterocycles. The van der Waals surface area contributed by atoms with E-state index in [4.69, 9.17) is 18.9 Å². The Labute approximate surface area is 275 Å². The minimum Gasteiger partial charge on any atom is -0.347 e. The first kappa shape index (κ1) is 30.7. The molecule has 46 heavy (non-hydrogen) atoms. The quantitative estimate of drug-likeness (QED) is 0.253. The number of carbonyl (C=O) groups is 2. The van der Waals surface area contributed by atoms with Crippen molar-refractivity contribution >= 4 is 11.6 Å². The lowest BCUT2D eigenvalue weighted by molar-refractivity contribution is -0.176. The van der Waals surface area contributed by atoms with Crippen molar-refractivity contribution in [3.8, 4) is 0 Å². The number of ether oxygens (including phenoxy) is 4. The third-order valence-electron chi connectivity index (χ3n) is 15.9. The molecule has 6 heteroatoms. The largest absolute Gasteiger partial charge is 0.347 e. The fourth-order valence-electron chi connectivity index (χ4n) is 13.5. The highest BCUT2D eigenvalue weighted by atomic mass is 16.7. The maximum atomic E-state index is 12.4. The summed E-state index contributed by atoms with van der Waals surface area (Å²) in [6.45, 7) is 7.56. The van der Waals surface area contributed by atoms with E-state index >= 15 is 0 Å². The highest BCUT2D eigenvalue weighted by Crippen LogP contribution is 2.62. The molecule has 0 N–H and O–H groups in total. The van der Waals surface area contributed by atoms with Crippen molar-refractivity contribution < 1.29 is 28.5 Å². The molecule has 0 aromatic carbocycles. The van der Waals surface area contributed by atoms with Gasteiger partial charge in [-0.15, -0.1) is 0 Å². The van der Waals surface area contributed by atoms with Crippen LogP contribution in [0.2, 0.25) is 0 Å². The van der Waals surface area contributed by atoms with E-state index in [0.717, 1.165) is 127 Å². The number of fused-ring (bicyclic) bond motifs is 9. The number of Topliss-reactive ketones (excluding diaryl/α,β-unsaturated/α-hetero) is 2. The van der Waals surface area contributed by atoms with Gasteiger partial charge in [-0.3, -0.25) is 9.59 Å². The van der Waals surface area contributed by atoms with Gasteiger partial charge in [0.15, 0.2) is 11.6 Å². The second kappa shape index (κ2) is 11.1. The molecule has 9 atom stereocenters. The van der Waals surface area contributed by atoms with E-state index in [-0.39, 0.29) is 22.4 Å². The zero-order valence-electron chi connectivity index (χ0n) is 28.4. The van der Waals surface area contributed by atoms with Crippen LogP contribution in [0.3, 0.4) is 0 Å². The first-order chi connectivity index (χ1) is 22.2. The van der Waals surface area contributed by atoms with E-state index < -0.39 is 0 Å². The molecule has 252 valence electrons. The van der Waals surface area contributed by atoms with Gasteiger partial charge in [0.05, 0.1) is 26.4 Å². The Balaban J connectivity index is 0.000000127. The van der Waals surface area contributed by atoms with Crippen molar-refractivity contribution in [2.75, 3.05) is 26.4 Å². The molecular formula is C40H56O6. The van der Waals surface area contributed by atoms with Crippen LogP contribution in [0.25, 0.3) is 0 Å². The average molecular weight is 633 g/mol. The van der Waals surface area contributed by atoms with Gasteiger partial charge >= 0.3 is 0 Å². The van der Waals surface area contributed by atoms with Crippen molar-refractivity contribution in [2.24, 2.45) is 52.3 Å². The molecule has 7 unspecified atom stereocenters. The average Bonchev–Trinajstić information content (AvgIpc) is 3.85. The predicted molar refractivity (Wildman–Crippen MR) is 174 cm³/mol. The molecule has 7 fully saturated rings. The Kier molecular flexibility index (Phi) is 7.40. The lowest BCUT2D eigenvalue weighted by Gasteiger charge is -2.52. The van der Waals surface area contributed by atoms with Crippen LogP contribution in [0, 0.1) is 52.3 Å². The topological polar surface area (TPSA) is 71.1 Å². The number of hydrogen-bond donors (Lipinski definition) is 0. The molecule has 6 nitrogen and oxygen atoms in total. The van der Waals surface area contributed by atoms with E-state index in [0.29, 0.717) is 23.4 Å². The van der Waals surface area contributed by atoms with Gasteiger partial charge < -0.3 is 18.9 Å². The van der Waals surface area contributed by atoms with E-state index in [1.807, 2.05) is 0 Å². The smallest absolute Gasteiger partial charge is 0.172 e. The summed E-state index contributed by atoms with van der Waals surface area (Å²) in [4.78, 5) is 24.8. The number of allylic oxidation sites excluding steroid dienone is 2. The van der Waals surface area contributed by atoms with Crippen LogP contribution in [0.1, 0.15) is 123 Å². The van der Waals surface area contributed by atoms with Gasteiger partial charge in [0.1, 0.15) is 11.6 Å². The Hall–Kier alpha value is -1.34. The Bertz CT molecular complexity index is 1300. The molecule has 10 rings (SSSR count). The SMILES string of the molecule is C[C@@]12CCC3C4=C(CCC3C1CCC2=O)CC1(CC4)OCCO1.C[C@@]12CCC3C4CCC5(CC4=CCC3C1CCC2=O)OCCO5. The van der Waals surface area contributed by atoms with Crippen molar-refractivity contribution in [3.05, 3.63) is 22.8 Å². The summed E-state index contributed by atoms with van der Waals surface area (Å²) in [5, 5.41) is 0. The molecule has 0 bridgehead atoms.